The predicted molar refractivity (Wildman–Crippen MR) is 79.3 cm³/mol. The van der Waals surface area contributed by atoms with Gasteiger partial charge < -0.3 is 15.0 Å². The molecular formula is C14H20N6O. The van der Waals surface area contributed by atoms with E-state index in [-0.39, 0.29) is 0 Å². The lowest BCUT2D eigenvalue weighted by Gasteiger charge is -2.22. The fourth-order valence-corrected chi connectivity index (χ4v) is 2.40. The first kappa shape index (κ1) is 13.8. The van der Waals surface area contributed by atoms with E-state index in [1.54, 1.807) is 7.05 Å². The van der Waals surface area contributed by atoms with Gasteiger partial charge in [0.05, 0.1) is 7.05 Å². The fraction of sp³-hybridized carbons (Fsp3) is 0.500. The summed E-state index contributed by atoms with van der Waals surface area (Å²) in [6, 6.07) is 8.17. The number of hydrogen-bond acceptors (Lipinski definition) is 6. The van der Waals surface area contributed by atoms with Crippen molar-refractivity contribution >= 4 is 5.69 Å². The number of tetrazole rings is 1. The zero-order valence-electron chi connectivity index (χ0n) is 12.2. The van der Waals surface area contributed by atoms with Gasteiger partial charge in [0.2, 0.25) is 5.82 Å². The highest BCUT2D eigenvalue weighted by Gasteiger charge is 2.10. The average molecular weight is 288 g/mol. The predicted octanol–water partition coefficient (Wildman–Crippen LogP) is 0.589. The van der Waals surface area contributed by atoms with Crippen LogP contribution < -0.4 is 15.0 Å². The van der Waals surface area contributed by atoms with Gasteiger partial charge in [-0.15, -0.1) is 10.2 Å². The van der Waals surface area contributed by atoms with E-state index in [1.165, 1.54) is 10.5 Å². The quantitative estimate of drug-likeness (QED) is 0.888. The summed E-state index contributed by atoms with van der Waals surface area (Å²) in [5.41, 5.74) is 1.20. The van der Waals surface area contributed by atoms with Crippen molar-refractivity contribution in [2.75, 3.05) is 31.1 Å². The van der Waals surface area contributed by atoms with Crippen molar-refractivity contribution in [2.45, 2.75) is 13.0 Å². The number of nitrogens with zero attached hydrogens (tertiary/aromatic N) is 5. The van der Waals surface area contributed by atoms with Crippen molar-refractivity contribution in [1.29, 1.82) is 0 Å². The van der Waals surface area contributed by atoms with E-state index in [1.807, 2.05) is 12.1 Å². The van der Waals surface area contributed by atoms with Gasteiger partial charge in [-0.25, -0.2) is 0 Å². The minimum absolute atomic E-state index is 0.332. The van der Waals surface area contributed by atoms with Gasteiger partial charge in [0.1, 0.15) is 5.75 Å². The fourth-order valence-electron chi connectivity index (χ4n) is 2.40. The first-order chi connectivity index (χ1) is 10.3. The van der Waals surface area contributed by atoms with E-state index in [0.29, 0.717) is 12.4 Å². The minimum atomic E-state index is 0.332. The summed E-state index contributed by atoms with van der Waals surface area (Å²) in [5, 5.41) is 15.2. The van der Waals surface area contributed by atoms with Crippen LogP contribution in [0.1, 0.15) is 12.2 Å². The number of rotatable bonds is 4. The Morgan fingerprint density at radius 3 is 3.10 bits per heavy atom. The van der Waals surface area contributed by atoms with Crippen molar-refractivity contribution in [2.24, 2.45) is 7.05 Å². The van der Waals surface area contributed by atoms with Crippen LogP contribution in [0.25, 0.3) is 0 Å². The molecule has 0 amide bonds. The van der Waals surface area contributed by atoms with Crippen LogP contribution >= 0.6 is 0 Å². The third-order valence-corrected chi connectivity index (χ3v) is 3.44. The van der Waals surface area contributed by atoms with Crippen molar-refractivity contribution in [1.82, 2.24) is 25.5 Å². The molecule has 7 heteroatoms. The Balaban J connectivity index is 1.64. The van der Waals surface area contributed by atoms with Gasteiger partial charge in [-0.1, -0.05) is 6.07 Å². The van der Waals surface area contributed by atoms with Gasteiger partial charge in [0, 0.05) is 31.4 Å². The van der Waals surface area contributed by atoms with Gasteiger partial charge in [0.25, 0.3) is 0 Å². The second kappa shape index (κ2) is 6.53. The van der Waals surface area contributed by atoms with Crippen LogP contribution in [0, 0.1) is 0 Å². The molecule has 1 aromatic carbocycles. The number of benzene rings is 1. The van der Waals surface area contributed by atoms with E-state index in [9.17, 15) is 0 Å². The molecule has 0 saturated carbocycles. The Morgan fingerprint density at radius 1 is 1.29 bits per heavy atom. The van der Waals surface area contributed by atoms with Crippen LogP contribution in [0.3, 0.4) is 0 Å². The molecule has 0 radical (unpaired) electrons. The third-order valence-electron chi connectivity index (χ3n) is 3.44. The molecule has 3 rings (SSSR count). The summed E-state index contributed by atoms with van der Waals surface area (Å²) in [5.74, 6) is 1.42. The highest BCUT2D eigenvalue weighted by atomic mass is 16.5. The highest BCUT2D eigenvalue weighted by molar-refractivity contribution is 5.50. The molecule has 1 N–H and O–H groups in total. The van der Waals surface area contributed by atoms with E-state index < -0.39 is 0 Å². The molecule has 0 atom stereocenters. The van der Waals surface area contributed by atoms with Gasteiger partial charge in [-0.3, -0.25) is 0 Å². The second-order valence-electron chi connectivity index (χ2n) is 5.07. The maximum atomic E-state index is 5.75. The van der Waals surface area contributed by atoms with Crippen LogP contribution in [-0.4, -0.2) is 46.4 Å². The molecule has 0 aliphatic carbocycles. The zero-order chi connectivity index (χ0) is 14.5. The molecule has 1 aromatic heterocycles. The lowest BCUT2D eigenvalue weighted by molar-refractivity contribution is 0.295. The standard InChI is InChI=1S/C14H20N6O/c1-19-17-14(16-18-19)11-21-13-5-2-4-12(10-13)20-8-3-6-15-7-9-20/h2,4-5,10,15H,3,6-9,11H2,1H3. The maximum Gasteiger partial charge on any atom is 0.212 e. The molecule has 0 unspecified atom stereocenters. The summed E-state index contributed by atoms with van der Waals surface area (Å²) in [7, 11) is 1.74. The first-order valence-corrected chi connectivity index (χ1v) is 7.23. The summed E-state index contributed by atoms with van der Waals surface area (Å²) in [6.45, 7) is 4.54. The van der Waals surface area contributed by atoms with E-state index >= 15 is 0 Å². The second-order valence-corrected chi connectivity index (χ2v) is 5.07. The van der Waals surface area contributed by atoms with Crippen molar-refractivity contribution in [3.05, 3.63) is 30.1 Å². The Kier molecular flexibility index (Phi) is 4.30. The van der Waals surface area contributed by atoms with Crippen LogP contribution in [0.15, 0.2) is 24.3 Å². The molecular weight excluding hydrogens is 268 g/mol. The van der Waals surface area contributed by atoms with Crippen LogP contribution in [0.2, 0.25) is 0 Å². The molecule has 0 bridgehead atoms. The number of anilines is 1. The molecule has 1 fully saturated rings. The molecule has 2 aromatic rings. The van der Waals surface area contributed by atoms with Crippen LogP contribution in [0.4, 0.5) is 5.69 Å². The van der Waals surface area contributed by atoms with Crippen molar-refractivity contribution in [3.8, 4) is 5.75 Å². The van der Waals surface area contributed by atoms with Crippen LogP contribution in [-0.2, 0) is 13.7 Å². The number of hydrogen-bond donors (Lipinski definition) is 1. The normalized spacial score (nSPS) is 15.8. The van der Waals surface area contributed by atoms with Gasteiger partial charge in [-0.05, 0) is 30.3 Å². The van der Waals surface area contributed by atoms with Crippen molar-refractivity contribution in [3.63, 3.8) is 0 Å². The molecule has 0 spiro atoms. The number of nitrogens with one attached hydrogen (secondary N) is 1. The molecule has 2 heterocycles. The number of aryl methyl sites for hydroxylation is 1. The zero-order valence-corrected chi connectivity index (χ0v) is 12.2. The number of ether oxygens (including phenoxy) is 1. The molecule has 1 aliphatic rings. The first-order valence-electron chi connectivity index (χ1n) is 7.23. The largest absolute Gasteiger partial charge is 0.485 e. The Labute approximate surface area is 123 Å². The molecule has 21 heavy (non-hydrogen) atoms. The Morgan fingerprint density at radius 2 is 2.24 bits per heavy atom. The van der Waals surface area contributed by atoms with E-state index in [0.717, 1.165) is 38.3 Å². The minimum Gasteiger partial charge on any atom is -0.485 e. The SMILES string of the molecule is Cn1nnc(COc2cccc(N3CCCNCC3)c2)n1. The monoisotopic (exact) mass is 288 g/mol. The maximum absolute atomic E-state index is 5.75. The molecule has 1 aliphatic heterocycles. The lowest BCUT2D eigenvalue weighted by Crippen LogP contribution is -2.27. The third kappa shape index (κ3) is 3.69. The van der Waals surface area contributed by atoms with Gasteiger partial charge >= 0.3 is 0 Å². The molecule has 1 saturated heterocycles. The average Bonchev–Trinajstić information content (AvgIpc) is 2.76. The summed E-state index contributed by atoms with van der Waals surface area (Å²) in [6.07, 6.45) is 1.16. The smallest absolute Gasteiger partial charge is 0.212 e. The van der Waals surface area contributed by atoms with Crippen molar-refractivity contribution < 1.29 is 4.74 Å². The molecule has 112 valence electrons. The summed E-state index contributed by atoms with van der Waals surface area (Å²) in [4.78, 5) is 3.81. The Bertz CT molecular complexity index is 576. The van der Waals surface area contributed by atoms with E-state index in [4.69, 9.17) is 4.74 Å². The molecule has 7 nitrogen and oxygen atoms in total. The summed E-state index contributed by atoms with van der Waals surface area (Å²) >= 11 is 0. The lowest BCUT2D eigenvalue weighted by atomic mass is 10.2. The topological polar surface area (TPSA) is 68.1 Å². The van der Waals surface area contributed by atoms with E-state index in [2.05, 4.69) is 37.8 Å². The van der Waals surface area contributed by atoms with Gasteiger partial charge in [-0.2, -0.15) is 4.80 Å². The summed E-state index contributed by atoms with van der Waals surface area (Å²) < 4.78 is 5.75. The Hall–Kier alpha value is -2.15. The number of aromatic nitrogens is 4. The highest BCUT2D eigenvalue weighted by Crippen LogP contribution is 2.22. The van der Waals surface area contributed by atoms with Crippen LogP contribution in [0.5, 0.6) is 5.75 Å². The van der Waals surface area contributed by atoms with Gasteiger partial charge in [0.15, 0.2) is 6.61 Å².